The van der Waals surface area contributed by atoms with E-state index in [1.165, 1.54) is 23.0 Å². The molecule has 0 spiro atoms. The molecule has 0 aromatic carbocycles. The van der Waals surface area contributed by atoms with Crippen molar-refractivity contribution in [3.05, 3.63) is 42.0 Å². The average molecular weight is 494 g/mol. The van der Waals surface area contributed by atoms with Crippen LogP contribution in [-0.2, 0) is 12.0 Å². The Morgan fingerprint density at radius 3 is 2.49 bits per heavy atom. The van der Waals surface area contributed by atoms with Crippen LogP contribution in [0.4, 0.5) is 23.4 Å². The van der Waals surface area contributed by atoms with Gasteiger partial charge in [0, 0.05) is 19.5 Å². The molecule has 1 saturated carbocycles. The van der Waals surface area contributed by atoms with Crippen LogP contribution in [0.3, 0.4) is 0 Å². The van der Waals surface area contributed by atoms with Crippen molar-refractivity contribution >= 4 is 11.5 Å². The summed E-state index contributed by atoms with van der Waals surface area (Å²) in [5.41, 5.74) is -0.767. The molecule has 35 heavy (non-hydrogen) atoms. The highest BCUT2D eigenvalue weighted by Gasteiger charge is 2.43. The Morgan fingerprint density at radius 2 is 1.86 bits per heavy atom. The molecule has 2 aliphatic rings. The Morgan fingerprint density at radius 1 is 1.14 bits per heavy atom. The number of aromatic nitrogens is 5. The second-order valence-electron chi connectivity index (χ2n) is 9.87. The van der Waals surface area contributed by atoms with Gasteiger partial charge in [0.05, 0.1) is 11.9 Å². The molecule has 2 fully saturated rings. The van der Waals surface area contributed by atoms with Crippen LogP contribution in [0, 0.1) is 23.6 Å². The molecule has 188 valence electrons. The van der Waals surface area contributed by atoms with Gasteiger partial charge in [0.25, 0.3) is 0 Å². The normalized spacial score (nSPS) is 22.7. The average Bonchev–Trinajstić information content (AvgIpc) is 3.28. The lowest BCUT2D eigenvalue weighted by atomic mass is 9.82. The highest BCUT2D eigenvalue weighted by Crippen LogP contribution is 2.44. The molecule has 1 unspecified atom stereocenters. The number of ether oxygens (including phenoxy) is 1. The number of aliphatic hydroxyl groups is 1. The van der Waals surface area contributed by atoms with Gasteiger partial charge in [0.15, 0.2) is 35.5 Å². The summed E-state index contributed by atoms with van der Waals surface area (Å²) in [4.78, 5) is 14.3. The first-order chi connectivity index (χ1) is 16.5. The van der Waals surface area contributed by atoms with E-state index in [4.69, 9.17) is 4.74 Å². The lowest BCUT2D eigenvalue weighted by molar-refractivity contribution is -0.153. The SMILES string of the molecule is CC(C)(O)c1ccc(OCC(F)(F)F)c2nc(CC3[C@@H]4CC[C@H]3CN(c3ncncc3F)C4)nn12. The smallest absolute Gasteiger partial charge is 0.422 e. The van der Waals surface area contributed by atoms with Gasteiger partial charge < -0.3 is 14.7 Å². The molecule has 0 amide bonds. The van der Waals surface area contributed by atoms with E-state index in [0.717, 1.165) is 19.0 Å². The number of nitrogens with zero attached hydrogens (tertiary/aromatic N) is 6. The van der Waals surface area contributed by atoms with Gasteiger partial charge >= 0.3 is 6.18 Å². The van der Waals surface area contributed by atoms with Crippen molar-refractivity contribution in [3.8, 4) is 5.75 Å². The summed E-state index contributed by atoms with van der Waals surface area (Å²) in [5.74, 6) is 1.10. The van der Waals surface area contributed by atoms with E-state index < -0.39 is 24.2 Å². The van der Waals surface area contributed by atoms with Crippen LogP contribution in [0.5, 0.6) is 5.75 Å². The molecule has 3 aromatic rings. The number of hydrogen-bond acceptors (Lipinski definition) is 7. The molecule has 8 nitrogen and oxygen atoms in total. The van der Waals surface area contributed by atoms with Gasteiger partial charge in [-0.15, -0.1) is 0 Å². The fourth-order valence-electron chi connectivity index (χ4n) is 5.39. The summed E-state index contributed by atoms with van der Waals surface area (Å²) in [6, 6.07) is 2.88. The van der Waals surface area contributed by atoms with Crippen molar-refractivity contribution in [2.45, 2.75) is 44.9 Å². The molecular weight excluding hydrogens is 468 g/mol. The van der Waals surface area contributed by atoms with Crippen LogP contribution >= 0.6 is 0 Å². The predicted octanol–water partition coefficient (Wildman–Crippen LogP) is 3.53. The van der Waals surface area contributed by atoms with E-state index in [9.17, 15) is 22.7 Å². The number of hydrogen-bond donors (Lipinski definition) is 1. The first-order valence-corrected chi connectivity index (χ1v) is 11.5. The van der Waals surface area contributed by atoms with Crippen LogP contribution in [-0.4, -0.2) is 55.5 Å². The fourth-order valence-corrected chi connectivity index (χ4v) is 5.39. The third-order valence-corrected chi connectivity index (χ3v) is 6.91. The van der Waals surface area contributed by atoms with Gasteiger partial charge in [-0.2, -0.15) is 18.3 Å². The van der Waals surface area contributed by atoms with Gasteiger partial charge in [-0.25, -0.2) is 23.9 Å². The van der Waals surface area contributed by atoms with Crippen molar-refractivity contribution in [1.82, 2.24) is 24.6 Å². The first kappa shape index (κ1) is 23.7. The van der Waals surface area contributed by atoms with Crippen molar-refractivity contribution in [1.29, 1.82) is 0 Å². The Bertz CT molecular complexity index is 1210. The van der Waals surface area contributed by atoms with E-state index in [0.29, 0.717) is 36.8 Å². The summed E-state index contributed by atoms with van der Waals surface area (Å²) in [6.45, 7) is 2.99. The minimum absolute atomic E-state index is 0.0499. The number of pyridine rings is 1. The topological polar surface area (TPSA) is 88.7 Å². The third-order valence-electron chi connectivity index (χ3n) is 6.91. The molecule has 1 N–H and O–H groups in total. The number of rotatable bonds is 6. The van der Waals surface area contributed by atoms with Crippen LogP contribution in [0.2, 0.25) is 0 Å². The van der Waals surface area contributed by atoms with Crippen LogP contribution in [0.15, 0.2) is 24.7 Å². The fraction of sp³-hybridized carbons (Fsp3) is 0.565. The van der Waals surface area contributed by atoms with E-state index in [1.54, 1.807) is 13.8 Å². The van der Waals surface area contributed by atoms with E-state index in [-0.39, 0.29) is 29.2 Å². The zero-order chi connectivity index (χ0) is 25.0. The summed E-state index contributed by atoms with van der Waals surface area (Å²) in [6.07, 6.45) is 0.509. The molecular formula is C23H26F4N6O2. The van der Waals surface area contributed by atoms with Crippen molar-refractivity contribution < 1.29 is 27.4 Å². The number of anilines is 1. The van der Waals surface area contributed by atoms with Crippen molar-refractivity contribution in [2.24, 2.45) is 17.8 Å². The maximum absolute atomic E-state index is 14.2. The van der Waals surface area contributed by atoms with Crippen LogP contribution < -0.4 is 9.64 Å². The number of piperidine rings is 1. The quantitative estimate of drug-likeness (QED) is 0.525. The van der Waals surface area contributed by atoms with Gasteiger partial charge in [-0.1, -0.05) is 0 Å². The summed E-state index contributed by atoms with van der Waals surface area (Å²) < 4.78 is 58.9. The molecule has 0 radical (unpaired) electrons. The van der Waals surface area contributed by atoms with Gasteiger partial charge in [0.1, 0.15) is 11.9 Å². The highest BCUT2D eigenvalue weighted by atomic mass is 19.4. The highest BCUT2D eigenvalue weighted by molar-refractivity contribution is 5.55. The van der Waals surface area contributed by atoms with E-state index in [2.05, 4.69) is 20.1 Å². The molecule has 4 heterocycles. The minimum Gasteiger partial charge on any atom is -0.480 e. The lowest BCUT2D eigenvalue weighted by Gasteiger charge is -2.38. The molecule has 1 saturated heterocycles. The molecule has 2 bridgehead atoms. The van der Waals surface area contributed by atoms with Gasteiger partial charge in [0.2, 0.25) is 0 Å². The predicted molar refractivity (Wildman–Crippen MR) is 117 cm³/mol. The summed E-state index contributed by atoms with van der Waals surface area (Å²) in [5, 5.41) is 15.1. The van der Waals surface area contributed by atoms with Crippen molar-refractivity contribution in [3.63, 3.8) is 0 Å². The maximum atomic E-state index is 14.2. The maximum Gasteiger partial charge on any atom is 0.422 e. The molecule has 3 aromatic heterocycles. The second-order valence-corrected chi connectivity index (χ2v) is 9.87. The van der Waals surface area contributed by atoms with Crippen molar-refractivity contribution in [2.75, 3.05) is 24.6 Å². The Hall–Kier alpha value is -3.02. The van der Waals surface area contributed by atoms with E-state index in [1.807, 2.05) is 4.90 Å². The summed E-state index contributed by atoms with van der Waals surface area (Å²) in [7, 11) is 0. The molecule has 1 aliphatic carbocycles. The Kier molecular flexibility index (Phi) is 5.81. The Labute approximate surface area is 199 Å². The van der Waals surface area contributed by atoms with Crippen LogP contribution in [0.25, 0.3) is 5.65 Å². The first-order valence-electron chi connectivity index (χ1n) is 11.5. The third kappa shape index (κ3) is 4.75. The van der Waals surface area contributed by atoms with Gasteiger partial charge in [-0.05, 0) is 56.6 Å². The van der Waals surface area contributed by atoms with Gasteiger partial charge in [-0.3, -0.25) is 0 Å². The monoisotopic (exact) mass is 494 g/mol. The lowest BCUT2D eigenvalue weighted by Crippen LogP contribution is -2.43. The number of halogens is 4. The zero-order valence-electron chi connectivity index (χ0n) is 19.3. The summed E-state index contributed by atoms with van der Waals surface area (Å²) >= 11 is 0. The minimum atomic E-state index is -4.49. The number of alkyl halides is 3. The second kappa shape index (κ2) is 8.58. The van der Waals surface area contributed by atoms with E-state index >= 15 is 0 Å². The molecule has 1 aliphatic heterocycles. The molecule has 3 atom stereocenters. The molecule has 5 rings (SSSR count). The number of fused-ring (bicyclic) bond motifs is 3. The zero-order valence-corrected chi connectivity index (χ0v) is 19.3. The van der Waals surface area contributed by atoms with Crippen LogP contribution in [0.1, 0.15) is 38.2 Å². The standard InChI is InChI=1S/C23H26F4N6O2/c1-22(2,34)18-6-5-17(35-11-23(25,26)27)21-30-19(31-33(18)21)7-15-13-3-4-14(15)10-32(9-13)20-16(24)8-28-12-29-20/h5-6,8,12-15,34H,3-4,7,9-11H2,1-2H3/t13-,14+,15?. The molecule has 12 heteroatoms. The Balaban J connectivity index is 1.41. The largest absolute Gasteiger partial charge is 0.480 e.